The van der Waals surface area contributed by atoms with Crippen LogP contribution in [-0.4, -0.2) is 35.2 Å². The lowest BCUT2D eigenvalue weighted by Gasteiger charge is -2.43. The summed E-state index contributed by atoms with van der Waals surface area (Å²) in [5.74, 6) is 1.20. The van der Waals surface area contributed by atoms with Crippen LogP contribution in [0.2, 0.25) is 0 Å². The molecular weight excluding hydrogens is 222 g/mol. The molecule has 18 heavy (non-hydrogen) atoms. The Morgan fingerprint density at radius 1 is 1.28 bits per heavy atom. The monoisotopic (exact) mass is 247 g/mol. The van der Waals surface area contributed by atoms with E-state index in [9.17, 15) is 5.11 Å². The Balaban J connectivity index is 1.80. The van der Waals surface area contributed by atoms with Crippen LogP contribution >= 0.6 is 0 Å². The van der Waals surface area contributed by atoms with Gasteiger partial charge >= 0.3 is 0 Å². The van der Waals surface area contributed by atoms with Gasteiger partial charge < -0.3 is 5.11 Å². The molecule has 1 aliphatic heterocycles. The minimum Gasteiger partial charge on any atom is -0.389 e. The number of nitrogens with zero attached hydrogens (tertiary/aromatic N) is 1. The van der Waals surface area contributed by atoms with Gasteiger partial charge in [0.05, 0.1) is 5.60 Å². The molecule has 100 valence electrons. The number of rotatable bonds is 5. The molecule has 0 amide bonds. The van der Waals surface area contributed by atoms with E-state index in [0.717, 1.165) is 26.1 Å². The van der Waals surface area contributed by atoms with Crippen molar-refractivity contribution < 1.29 is 5.11 Å². The summed E-state index contributed by atoms with van der Waals surface area (Å²) in [5, 5.41) is 10.3. The van der Waals surface area contributed by atoms with Gasteiger partial charge in [0.1, 0.15) is 0 Å². The molecule has 1 atom stereocenters. The molecule has 0 bridgehead atoms. The number of hydrogen-bond acceptors (Lipinski definition) is 2. The van der Waals surface area contributed by atoms with Crippen molar-refractivity contribution in [1.29, 1.82) is 0 Å². The van der Waals surface area contributed by atoms with Crippen LogP contribution in [0, 0.1) is 5.92 Å². The van der Waals surface area contributed by atoms with Crippen LogP contribution in [-0.2, 0) is 0 Å². The number of likely N-dealkylation sites (tertiary alicyclic amines) is 1. The van der Waals surface area contributed by atoms with Gasteiger partial charge in [-0.25, -0.2) is 0 Å². The van der Waals surface area contributed by atoms with Gasteiger partial charge in [-0.05, 0) is 24.8 Å². The van der Waals surface area contributed by atoms with Gasteiger partial charge in [-0.15, -0.1) is 0 Å². The van der Waals surface area contributed by atoms with Crippen LogP contribution in [0.15, 0.2) is 30.3 Å². The largest absolute Gasteiger partial charge is 0.389 e. The molecule has 1 unspecified atom stereocenters. The van der Waals surface area contributed by atoms with Gasteiger partial charge in [0.25, 0.3) is 0 Å². The molecule has 1 saturated heterocycles. The molecular formula is C16H25NO. The number of benzene rings is 1. The first-order chi connectivity index (χ1) is 8.46. The third-order valence-electron chi connectivity index (χ3n) is 3.64. The summed E-state index contributed by atoms with van der Waals surface area (Å²) in [7, 11) is 0. The Labute approximate surface area is 111 Å². The molecule has 0 aliphatic carbocycles. The third kappa shape index (κ3) is 3.56. The molecule has 2 heteroatoms. The highest BCUT2D eigenvalue weighted by atomic mass is 16.3. The number of aliphatic hydroxyl groups is 1. The van der Waals surface area contributed by atoms with E-state index in [1.165, 1.54) is 5.56 Å². The summed E-state index contributed by atoms with van der Waals surface area (Å²) in [5.41, 5.74) is 0.882. The summed E-state index contributed by atoms with van der Waals surface area (Å²) in [6, 6.07) is 10.7. The van der Waals surface area contributed by atoms with Gasteiger partial charge in [-0.1, -0.05) is 44.2 Å². The Morgan fingerprint density at radius 2 is 1.89 bits per heavy atom. The lowest BCUT2D eigenvalue weighted by atomic mass is 9.88. The van der Waals surface area contributed by atoms with Gasteiger partial charge in [0, 0.05) is 25.6 Å². The highest BCUT2D eigenvalue weighted by molar-refractivity contribution is 5.22. The van der Waals surface area contributed by atoms with Crippen molar-refractivity contribution in [2.75, 3.05) is 19.6 Å². The minimum atomic E-state index is -0.546. The molecule has 2 rings (SSSR count). The second-order valence-electron chi connectivity index (χ2n) is 6.40. The average Bonchev–Trinajstić information content (AvgIpc) is 2.22. The van der Waals surface area contributed by atoms with Crippen LogP contribution in [0.3, 0.4) is 0 Å². The van der Waals surface area contributed by atoms with Crippen LogP contribution in [0.1, 0.15) is 38.7 Å². The molecule has 0 saturated carbocycles. The number of β-amino-alcohol motifs (C(OH)–C–C–N with tert-alkyl or cyclic N) is 1. The fourth-order valence-electron chi connectivity index (χ4n) is 3.06. The van der Waals surface area contributed by atoms with E-state index >= 15 is 0 Å². The molecule has 0 spiro atoms. The van der Waals surface area contributed by atoms with Gasteiger partial charge in [0.15, 0.2) is 0 Å². The van der Waals surface area contributed by atoms with Crippen LogP contribution in [0.25, 0.3) is 0 Å². The molecule has 1 heterocycles. The summed E-state index contributed by atoms with van der Waals surface area (Å²) < 4.78 is 0. The number of hydrogen-bond donors (Lipinski definition) is 1. The van der Waals surface area contributed by atoms with E-state index in [1.54, 1.807) is 0 Å². The van der Waals surface area contributed by atoms with E-state index in [-0.39, 0.29) is 0 Å². The van der Waals surface area contributed by atoms with Crippen molar-refractivity contribution >= 4 is 0 Å². The van der Waals surface area contributed by atoms with Crippen molar-refractivity contribution in [2.24, 2.45) is 5.92 Å². The van der Waals surface area contributed by atoms with Crippen molar-refractivity contribution in [3.8, 4) is 0 Å². The molecule has 1 N–H and O–H groups in total. The lowest BCUT2D eigenvalue weighted by Crippen LogP contribution is -2.52. The smallest absolute Gasteiger partial charge is 0.0748 e. The molecule has 0 aromatic heterocycles. The van der Waals surface area contributed by atoms with Crippen LogP contribution in [0.4, 0.5) is 0 Å². The lowest BCUT2D eigenvalue weighted by molar-refractivity contribution is -0.0196. The van der Waals surface area contributed by atoms with Crippen molar-refractivity contribution in [3.05, 3.63) is 35.9 Å². The molecule has 1 aromatic carbocycles. The first kappa shape index (κ1) is 13.6. The van der Waals surface area contributed by atoms with E-state index in [1.807, 2.05) is 6.92 Å². The molecule has 1 fully saturated rings. The van der Waals surface area contributed by atoms with Gasteiger partial charge in [-0.2, -0.15) is 0 Å². The predicted molar refractivity (Wildman–Crippen MR) is 75.7 cm³/mol. The normalized spacial score (nSPS) is 20.7. The standard InChI is InChI=1S/C16H25NO/c1-13(2)9-16(3,18)12-17-10-15(11-17)14-7-5-4-6-8-14/h4-8,13,15,18H,9-12H2,1-3H3. The van der Waals surface area contributed by atoms with Gasteiger partial charge in [-0.3, -0.25) is 4.90 Å². The van der Waals surface area contributed by atoms with Crippen LogP contribution < -0.4 is 0 Å². The molecule has 2 nitrogen and oxygen atoms in total. The van der Waals surface area contributed by atoms with E-state index in [4.69, 9.17) is 0 Å². The summed E-state index contributed by atoms with van der Waals surface area (Å²) in [4.78, 5) is 2.36. The van der Waals surface area contributed by atoms with Crippen molar-refractivity contribution in [1.82, 2.24) is 4.90 Å². The zero-order valence-electron chi connectivity index (χ0n) is 11.8. The first-order valence-corrected chi connectivity index (χ1v) is 6.96. The molecule has 0 radical (unpaired) electrons. The Kier molecular flexibility index (Phi) is 4.08. The van der Waals surface area contributed by atoms with Crippen LogP contribution in [0.5, 0.6) is 0 Å². The Morgan fingerprint density at radius 3 is 2.44 bits per heavy atom. The van der Waals surface area contributed by atoms with Crippen molar-refractivity contribution in [3.63, 3.8) is 0 Å². The average molecular weight is 247 g/mol. The summed E-state index contributed by atoms with van der Waals surface area (Å²) in [6.07, 6.45) is 0.875. The van der Waals surface area contributed by atoms with E-state index in [0.29, 0.717) is 11.8 Å². The SMILES string of the molecule is CC(C)CC(C)(O)CN1CC(c2ccccc2)C1. The minimum absolute atomic E-state index is 0.546. The highest BCUT2D eigenvalue weighted by Gasteiger charge is 2.33. The fraction of sp³-hybridized carbons (Fsp3) is 0.625. The third-order valence-corrected chi connectivity index (χ3v) is 3.64. The van der Waals surface area contributed by atoms with E-state index < -0.39 is 5.60 Å². The predicted octanol–water partition coefficient (Wildman–Crippen LogP) is 2.88. The van der Waals surface area contributed by atoms with Crippen molar-refractivity contribution in [2.45, 2.75) is 38.7 Å². The summed E-state index contributed by atoms with van der Waals surface area (Å²) >= 11 is 0. The fourth-order valence-corrected chi connectivity index (χ4v) is 3.06. The maximum absolute atomic E-state index is 10.3. The molecule has 1 aliphatic rings. The zero-order chi connectivity index (χ0) is 13.2. The maximum Gasteiger partial charge on any atom is 0.0748 e. The second-order valence-corrected chi connectivity index (χ2v) is 6.40. The highest BCUT2D eigenvalue weighted by Crippen LogP contribution is 2.29. The zero-order valence-corrected chi connectivity index (χ0v) is 11.8. The quantitative estimate of drug-likeness (QED) is 0.865. The second kappa shape index (κ2) is 5.41. The van der Waals surface area contributed by atoms with E-state index in [2.05, 4.69) is 49.1 Å². The first-order valence-electron chi connectivity index (χ1n) is 6.96. The Bertz CT molecular complexity index is 366. The summed E-state index contributed by atoms with van der Waals surface area (Å²) in [6.45, 7) is 9.25. The maximum atomic E-state index is 10.3. The van der Waals surface area contributed by atoms with Gasteiger partial charge in [0.2, 0.25) is 0 Å². The Hall–Kier alpha value is -0.860. The molecule has 1 aromatic rings. The topological polar surface area (TPSA) is 23.5 Å².